The molecule has 0 spiro atoms. The van der Waals surface area contributed by atoms with Crippen LogP contribution >= 0.6 is 23.5 Å². The molecule has 0 saturated heterocycles. The molecule has 16 heavy (non-hydrogen) atoms. The lowest BCUT2D eigenvalue weighted by Gasteiger charge is -2.12. The molecule has 0 amide bonds. The van der Waals surface area contributed by atoms with Crippen molar-refractivity contribution in [2.45, 2.75) is 25.4 Å². The third kappa shape index (κ3) is 3.20. The van der Waals surface area contributed by atoms with Gasteiger partial charge in [0, 0.05) is 11.5 Å². The van der Waals surface area contributed by atoms with Crippen LogP contribution in [-0.4, -0.2) is 0 Å². The molecular weight excluding hydrogens is 236 g/mol. The van der Waals surface area contributed by atoms with Crippen molar-refractivity contribution >= 4 is 23.5 Å². The van der Waals surface area contributed by atoms with Gasteiger partial charge < -0.3 is 0 Å². The summed E-state index contributed by atoms with van der Waals surface area (Å²) < 4.78 is 0. The van der Waals surface area contributed by atoms with E-state index in [0.717, 1.165) is 5.56 Å². The summed E-state index contributed by atoms with van der Waals surface area (Å²) in [7, 11) is 0. The Bertz CT molecular complexity index is 455. The lowest BCUT2D eigenvalue weighted by Crippen LogP contribution is -1.96. The first-order chi connectivity index (χ1) is 7.70. The molecule has 0 radical (unpaired) electrons. The predicted molar refractivity (Wildman–Crippen MR) is 69.7 cm³/mol. The van der Waals surface area contributed by atoms with E-state index in [0.29, 0.717) is 11.5 Å². The normalized spacial score (nSPS) is 9.50. The van der Waals surface area contributed by atoms with E-state index in [9.17, 15) is 0 Å². The summed E-state index contributed by atoms with van der Waals surface area (Å²) in [5.74, 6) is 1.39. The van der Waals surface area contributed by atoms with Crippen LogP contribution in [0.5, 0.6) is 0 Å². The van der Waals surface area contributed by atoms with Gasteiger partial charge in [-0.25, -0.2) is 0 Å². The number of thioether (sulfide) groups is 2. The average Bonchev–Trinajstić information content (AvgIpc) is 2.29. The zero-order valence-corrected chi connectivity index (χ0v) is 10.9. The first-order valence-corrected chi connectivity index (χ1v) is 6.77. The highest BCUT2D eigenvalue weighted by molar-refractivity contribution is 8.03. The Labute approximate surface area is 105 Å². The van der Waals surface area contributed by atoms with Gasteiger partial charge in [0.1, 0.15) is 10.8 Å². The van der Waals surface area contributed by atoms with Crippen molar-refractivity contribution in [3.8, 4) is 10.8 Å². The third-order valence-electron chi connectivity index (χ3n) is 2.54. The number of nitrogens with zero attached hydrogens (tertiary/aromatic N) is 2. The molecule has 82 valence electrons. The molecular formula is C12H12N2S2. The summed E-state index contributed by atoms with van der Waals surface area (Å²) in [6, 6.07) is 4.13. The monoisotopic (exact) mass is 248 g/mol. The third-order valence-corrected chi connectivity index (χ3v) is 3.69. The molecule has 0 aliphatic heterocycles. The van der Waals surface area contributed by atoms with E-state index in [4.69, 9.17) is 10.5 Å². The van der Waals surface area contributed by atoms with Crippen LogP contribution in [-0.2, 0) is 11.5 Å². The molecule has 0 aromatic heterocycles. The number of nitriles is 2. The second kappa shape index (κ2) is 6.48. The maximum atomic E-state index is 8.61. The summed E-state index contributed by atoms with van der Waals surface area (Å²) >= 11 is 2.48. The SMILES string of the molecule is Cc1ccc(CSC#N)c(CSC#N)c1C. The highest BCUT2D eigenvalue weighted by atomic mass is 32.2. The second-order valence-corrected chi connectivity index (χ2v) is 4.92. The van der Waals surface area contributed by atoms with Crippen molar-refractivity contribution in [3.63, 3.8) is 0 Å². The van der Waals surface area contributed by atoms with E-state index in [2.05, 4.69) is 36.8 Å². The van der Waals surface area contributed by atoms with Gasteiger partial charge >= 0.3 is 0 Å². The minimum absolute atomic E-state index is 0.693. The Hall–Kier alpha value is -1.10. The van der Waals surface area contributed by atoms with Crippen LogP contribution in [0.3, 0.4) is 0 Å². The number of aryl methyl sites for hydroxylation is 1. The van der Waals surface area contributed by atoms with Gasteiger partial charge in [0.15, 0.2) is 0 Å². The molecule has 2 nitrogen and oxygen atoms in total. The Morgan fingerprint density at radius 1 is 1.06 bits per heavy atom. The first kappa shape index (κ1) is 13.0. The van der Waals surface area contributed by atoms with Gasteiger partial charge in [-0.15, -0.1) is 0 Å². The van der Waals surface area contributed by atoms with Gasteiger partial charge in [0.2, 0.25) is 0 Å². The van der Waals surface area contributed by atoms with Gasteiger partial charge in [-0.1, -0.05) is 12.1 Å². The fourth-order valence-corrected chi connectivity index (χ4v) is 2.58. The Morgan fingerprint density at radius 2 is 1.69 bits per heavy atom. The Kier molecular flexibility index (Phi) is 5.25. The van der Waals surface area contributed by atoms with Gasteiger partial charge in [0.05, 0.1) is 0 Å². The van der Waals surface area contributed by atoms with Crippen molar-refractivity contribution in [2.75, 3.05) is 0 Å². The molecule has 1 aromatic carbocycles. The van der Waals surface area contributed by atoms with E-state index in [-0.39, 0.29) is 0 Å². The van der Waals surface area contributed by atoms with Crippen LogP contribution in [0.1, 0.15) is 22.3 Å². The van der Waals surface area contributed by atoms with Crippen LogP contribution < -0.4 is 0 Å². The molecule has 0 aliphatic carbocycles. The largest absolute Gasteiger partial charge is 0.185 e. The zero-order valence-electron chi connectivity index (χ0n) is 9.28. The molecule has 0 bridgehead atoms. The molecule has 0 atom stereocenters. The van der Waals surface area contributed by atoms with Crippen molar-refractivity contribution in [2.24, 2.45) is 0 Å². The van der Waals surface area contributed by atoms with Crippen molar-refractivity contribution in [1.82, 2.24) is 0 Å². The summed E-state index contributed by atoms with van der Waals surface area (Å²) in [5, 5.41) is 21.4. The number of hydrogen-bond acceptors (Lipinski definition) is 4. The standard InChI is InChI=1S/C12H12N2S2/c1-9-3-4-11(5-15-7-13)12(10(9)2)6-16-8-14/h3-4H,5-6H2,1-2H3. The van der Waals surface area contributed by atoms with Gasteiger partial charge in [-0.05, 0) is 59.6 Å². The summed E-state index contributed by atoms with van der Waals surface area (Å²) in [4.78, 5) is 0. The van der Waals surface area contributed by atoms with E-state index in [1.807, 2.05) is 0 Å². The zero-order chi connectivity index (χ0) is 12.0. The topological polar surface area (TPSA) is 47.6 Å². The lowest BCUT2D eigenvalue weighted by atomic mass is 10.00. The van der Waals surface area contributed by atoms with E-state index < -0.39 is 0 Å². The molecule has 4 heteroatoms. The minimum Gasteiger partial charge on any atom is -0.185 e. The maximum absolute atomic E-state index is 8.61. The first-order valence-electron chi connectivity index (χ1n) is 4.80. The van der Waals surface area contributed by atoms with Crippen LogP contribution in [0, 0.1) is 35.2 Å². The van der Waals surface area contributed by atoms with Gasteiger partial charge in [-0.3, -0.25) is 0 Å². The molecule has 1 rings (SSSR count). The van der Waals surface area contributed by atoms with Crippen LogP contribution in [0.4, 0.5) is 0 Å². The van der Waals surface area contributed by atoms with Crippen LogP contribution in [0.2, 0.25) is 0 Å². The smallest absolute Gasteiger partial charge is 0.133 e. The lowest BCUT2D eigenvalue weighted by molar-refractivity contribution is 1.19. The number of thiocyanates is 2. The Morgan fingerprint density at radius 3 is 2.31 bits per heavy atom. The quantitative estimate of drug-likeness (QED) is 0.762. The Balaban J connectivity index is 3.03. The summed E-state index contributed by atoms with van der Waals surface area (Å²) in [5.41, 5.74) is 4.84. The molecule has 0 saturated carbocycles. The number of benzene rings is 1. The fourth-order valence-electron chi connectivity index (χ4n) is 1.48. The van der Waals surface area contributed by atoms with Gasteiger partial charge in [-0.2, -0.15) is 10.5 Å². The predicted octanol–water partition coefficient (Wildman–Crippen LogP) is 3.73. The van der Waals surface area contributed by atoms with Crippen LogP contribution in [0.15, 0.2) is 12.1 Å². The van der Waals surface area contributed by atoms with Crippen molar-refractivity contribution < 1.29 is 0 Å². The summed E-state index contributed by atoms with van der Waals surface area (Å²) in [6.45, 7) is 4.14. The molecule has 0 unspecified atom stereocenters. The number of rotatable bonds is 4. The fraction of sp³-hybridized carbons (Fsp3) is 0.333. The van der Waals surface area contributed by atoms with Gasteiger partial charge in [0.25, 0.3) is 0 Å². The summed E-state index contributed by atoms with van der Waals surface area (Å²) in [6.07, 6.45) is 0. The molecule has 0 N–H and O–H groups in total. The average molecular weight is 248 g/mol. The maximum Gasteiger partial charge on any atom is 0.133 e. The number of hydrogen-bond donors (Lipinski definition) is 0. The highest BCUT2D eigenvalue weighted by Crippen LogP contribution is 2.25. The molecule has 0 aliphatic rings. The van der Waals surface area contributed by atoms with Crippen molar-refractivity contribution in [1.29, 1.82) is 10.5 Å². The molecule has 0 fully saturated rings. The molecule has 1 aromatic rings. The van der Waals surface area contributed by atoms with Crippen LogP contribution in [0.25, 0.3) is 0 Å². The van der Waals surface area contributed by atoms with E-state index >= 15 is 0 Å². The highest BCUT2D eigenvalue weighted by Gasteiger charge is 2.08. The molecule has 0 heterocycles. The van der Waals surface area contributed by atoms with E-state index in [1.54, 1.807) is 0 Å². The minimum atomic E-state index is 0.693. The van der Waals surface area contributed by atoms with E-state index in [1.165, 1.54) is 40.2 Å². The second-order valence-electron chi connectivity index (χ2n) is 3.41. The van der Waals surface area contributed by atoms with Crippen molar-refractivity contribution in [3.05, 3.63) is 34.4 Å².